The van der Waals surface area contributed by atoms with Crippen molar-refractivity contribution in [1.82, 2.24) is 0 Å². The quantitative estimate of drug-likeness (QED) is 0.682. The first-order chi connectivity index (χ1) is 6.02. The Hall–Kier alpha value is -1.02. The third-order valence-corrected chi connectivity index (χ3v) is 2.32. The highest BCUT2D eigenvalue weighted by atomic mass is 14.7. The van der Waals surface area contributed by atoms with Crippen LogP contribution in [0.5, 0.6) is 0 Å². The van der Waals surface area contributed by atoms with E-state index in [0.717, 1.165) is 11.3 Å². The van der Waals surface area contributed by atoms with Gasteiger partial charge in [0.25, 0.3) is 0 Å². The Morgan fingerprint density at radius 1 is 1.23 bits per heavy atom. The monoisotopic (exact) mass is 178 g/mol. The normalized spacial score (nSPS) is 13.3. The summed E-state index contributed by atoms with van der Waals surface area (Å²) in [6.45, 7) is 6.23. The van der Waals surface area contributed by atoms with Gasteiger partial charge in [-0.2, -0.15) is 0 Å². The van der Waals surface area contributed by atoms with E-state index in [-0.39, 0.29) is 6.04 Å². The van der Waals surface area contributed by atoms with Crippen LogP contribution >= 0.6 is 0 Å². The summed E-state index contributed by atoms with van der Waals surface area (Å²) in [5, 5.41) is 0. The molecule has 13 heavy (non-hydrogen) atoms. The standard InChI is InChI=1S/C11H18N2/c1-7(2)11(13)9-5-4-8(3)6-10(9)12/h4-7,11H,12-13H2,1-3H3/t11-/m1/s1. The highest BCUT2D eigenvalue weighted by Gasteiger charge is 2.12. The minimum Gasteiger partial charge on any atom is -0.398 e. The molecule has 0 heterocycles. The van der Waals surface area contributed by atoms with E-state index in [0.29, 0.717) is 5.92 Å². The Morgan fingerprint density at radius 2 is 1.85 bits per heavy atom. The zero-order valence-electron chi connectivity index (χ0n) is 8.54. The molecule has 72 valence electrons. The van der Waals surface area contributed by atoms with Crippen LogP contribution in [0.15, 0.2) is 18.2 Å². The van der Waals surface area contributed by atoms with E-state index in [1.807, 2.05) is 25.1 Å². The molecule has 0 aliphatic carbocycles. The first-order valence-corrected chi connectivity index (χ1v) is 4.64. The largest absolute Gasteiger partial charge is 0.398 e. The van der Waals surface area contributed by atoms with Crippen LogP contribution in [-0.4, -0.2) is 0 Å². The SMILES string of the molecule is Cc1ccc([C@H](N)C(C)C)c(N)c1. The van der Waals surface area contributed by atoms with Crippen molar-refractivity contribution in [1.29, 1.82) is 0 Å². The van der Waals surface area contributed by atoms with Gasteiger partial charge in [-0.25, -0.2) is 0 Å². The molecule has 0 saturated heterocycles. The van der Waals surface area contributed by atoms with Gasteiger partial charge in [-0.3, -0.25) is 0 Å². The maximum atomic E-state index is 6.01. The molecule has 0 aromatic heterocycles. The lowest BCUT2D eigenvalue weighted by molar-refractivity contribution is 0.515. The topological polar surface area (TPSA) is 52.0 Å². The summed E-state index contributed by atoms with van der Waals surface area (Å²) >= 11 is 0. The first kappa shape index (κ1) is 10.1. The van der Waals surface area contributed by atoms with Crippen LogP contribution in [0.25, 0.3) is 0 Å². The fourth-order valence-electron chi connectivity index (χ4n) is 1.36. The van der Waals surface area contributed by atoms with Gasteiger partial charge in [-0.05, 0) is 30.0 Å². The van der Waals surface area contributed by atoms with Gasteiger partial charge in [-0.1, -0.05) is 26.0 Å². The minimum atomic E-state index is 0.0422. The molecule has 1 aromatic carbocycles. The molecule has 1 rings (SSSR count). The Bertz CT molecular complexity index is 292. The molecule has 1 aromatic rings. The van der Waals surface area contributed by atoms with Crippen LogP contribution < -0.4 is 11.5 Å². The summed E-state index contributed by atoms with van der Waals surface area (Å²) in [7, 11) is 0. The smallest absolute Gasteiger partial charge is 0.0365 e. The fraction of sp³-hybridized carbons (Fsp3) is 0.455. The van der Waals surface area contributed by atoms with Gasteiger partial charge in [0.1, 0.15) is 0 Å². The van der Waals surface area contributed by atoms with Crippen LogP contribution in [0.1, 0.15) is 31.0 Å². The van der Waals surface area contributed by atoms with E-state index >= 15 is 0 Å². The summed E-state index contributed by atoms with van der Waals surface area (Å²) in [6, 6.07) is 6.08. The Morgan fingerprint density at radius 3 is 2.31 bits per heavy atom. The van der Waals surface area contributed by atoms with E-state index in [1.54, 1.807) is 0 Å². The molecular formula is C11H18N2. The fourth-order valence-corrected chi connectivity index (χ4v) is 1.36. The van der Waals surface area contributed by atoms with Crippen molar-refractivity contribution < 1.29 is 0 Å². The van der Waals surface area contributed by atoms with Gasteiger partial charge in [0.2, 0.25) is 0 Å². The number of nitrogens with two attached hydrogens (primary N) is 2. The number of rotatable bonds is 2. The molecule has 2 nitrogen and oxygen atoms in total. The second kappa shape index (κ2) is 3.79. The molecule has 0 bridgehead atoms. The van der Waals surface area contributed by atoms with Crippen molar-refractivity contribution in [3.05, 3.63) is 29.3 Å². The number of nitrogen functional groups attached to an aromatic ring is 1. The van der Waals surface area contributed by atoms with Crippen molar-refractivity contribution in [3.8, 4) is 0 Å². The summed E-state index contributed by atoms with van der Waals surface area (Å²) in [6.07, 6.45) is 0. The Kier molecular flexibility index (Phi) is 2.94. The van der Waals surface area contributed by atoms with Crippen molar-refractivity contribution in [2.24, 2.45) is 11.7 Å². The molecule has 0 unspecified atom stereocenters. The molecule has 2 heteroatoms. The number of hydrogen-bond acceptors (Lipinski definition) is 2. The lowest BCUT2D eigenvalue weighted by Crippen LogP contribution is -2.18. The van der Waals surface area contributed by atoms with Crippen LogP contribution in [-0.2, 0) is 0 Å². The maximum absolute atomic E-state index is 6.01. The van der Waals surface area contributed by atoms with Gasteiger partial charge < -0.3 is 11.5 Å². The lowest BCUT2D eigenvalue weighted by Gasteiger charge is -2.18. The van der Waals surface area contributed by atoms with Gasteiger partial charge >= 0.3 is 0 Å². The van der Waals surface area contributed by atoms with Crippen molar-refractivity contribution in [2.75, 3.05) is 5.73 Å². The highest BCUT2D eigenvalue weighted by Crippen LogP contribution is 2.24. The number of aryl methyl sites for hydroxylation is 1. The summed E-state index contributed by atoms with van der Waals surface area (Å²) in [4.78, 5) is 0. The van der Waals surface area contributed by atoms with Crippen LogP contribution in [0.2, 0.25) is 0 Å². The molecule has 0 saturated carbocycles. The van der Waals surface area contributed by atoms with Crippen LogP contribution in [0, 0.1) is 12.8 Å². The van der Waals surface area contributed by atoms with Gasteiger partial charge in [-0.15, -0.1) is 0 Å². The van der Waals surface area contributed by atoms with E-state index < -0.39 is 0 Å². The molecule has 0 spiro atoms. The minimum absolute atomic E-state index is 0.0422. The van der Waals surface area contributed by atoms with Crippen molar-refractivity contribution in [3.63, 3.8) is 0 Å². The average Bonchev–Trinajstić information content (AvgIpc) is 2.03. The summed E-state index contributed by atoms with van der Waals surface area (Å²) in [5.74, 6) is 0.421. The molecule has 4 N–H and O–H groups in total. The molecule has 0 amide bonds. The molecule has 0 fully saturated rings. The molecular weight excluding hydrogens is 160 g/mol. The van der Waals surface area contributed by atoms with E-state index in [9.17, 15) is 0 Å². The van der Waals surface area contributed by atoms with Crippen molar-refractivity contribution >= 4 is 5.69 Å². The van der Waals surface area contributed by atoms with Crippen molar-refractivity contribution in [2.45, 2.75) is 26.8 Å². The Balaban J connectivity index is 3.01. The average molecular weight is 178 g/mol. The van der Waals surface area contributed by atoms with E-state index in [4.69, 9.17) is 11.5 Å². The molecule has 1 atom stereocenters. The third-order valence-electron chi connectivity index (χ3n) is 2.32. The maximum Gasteiger partial charge on any atom is 0.0365 e. The third kappa shape index (κ3) is 2.22. The van der Waals surface area contributed by atoms with E-state index in [1.165, 1.54) is 5.56 Å². The summed E-state index contributed by atoms with van der Waals surface area (Å²) in [5.41, 5.74) is 14.9. The number of hydrogen-bond donors (Lipinski definition) is 2. The van der Waals surface area contributed by atoms with Crippen LogP contribution in [0.4, 0.5) is 5.69 Å². The second-order valence-corrected chi connectivity index (χ2v) is 3.90. The number of anilines is 1. The van der Waals surface area contributed by atoms with Gasteiger partial charge in [0.05, 0.1) is 0 Å². The van der Waals surface area contributed by atoms with Crippen LogP contribution in [0.3, 0.4) is 0 Å². The predicted molar refractivity (Wildman–Crippen MR) is 57.4 cm³/mol. The Labute approximate surface area is 79.9 Å². The molecule has 0 aliphatic heterocycles. The summed E-state index contributed by atoms with van der Waals surface area (Å²) < 4.78 is 0. The van der Waals surface area contributed by atoms with Gasteiger partial charge in [0, 0.05) is 11.7 Å². The zero-order valence-corrected chi connectivity index (χ0v) is 8.54. The lowest BCUT2D eigenvalue weighted by atomic mass is 9.95. The number of benzene rings is 1. The first-order valence-electron chi connectivity index (χ1n) is 4.64. The zero-order chi connectivity index (χ0) is 10.0. The van der Waals surface area contributed by atoms with E-state index in [2.05, 4.69) is 13.8 Å². The predicted octanol–water partition coefficient (Wildman–Crippen LogP) is 2.23. The van der Waals surface area contributed by atoms with Gasteiger partial charge in [0.15, 0.2) is 0 Å². The molecule has 0 radical (unpaired) electrons. The molecule has 0 aliphatic rings. The second-order valence-electron chi connectivity index (χ2n) is 3.90. The highest BCUT2D eigenvalue weighted by molar-refractivity contribution is 5.50.